The van der Waals surface area contributed by atoms with Gasteiger partial charge in [-0.25, -0.2) is 0 Å². The molecule has 0 spiro atoms. The second-order valence-corrected chi connectivity index (χ2v) is 10.2. The van der Waals surface area contributed by atoms with Gasteiger partial charge in [-0.2, -0.15) is 0 Å². The van der Waals surface area contributed by atoms with Crippen molar-refractivity contribution in [3.63, 3.8) is 0 Å². The van der Waals surface area contributed by atoms with E-state index >= 15 is 0 Å². The van der Waals surface area contributed by atoms with Crippen LogP contribution in [0.4, 0.5) is 0 Å². The van der Waals surface area contributed by atoms with Crippen molar-refractivity contribution in [2.24, 2.45) is 0 Å². The fourth-order valence-corrected chi connectivity index (χ4v) is 6.46. The van der Waals surface area contributed by atoms with E-state index in [1.807, 2.05) is 24.3 Å². The van der Waals surface area contributed by atoms with E-state index < -0.39 is 0 Å². The Balaban J connectivity index is 1.42. The number of fused-ring (bicyclic) bond motifs is 7. The molecule has 2 heteroatoms. The number of hydrogen-bond donors (Lipinski definition) is 0. The van der Waals surface area contributed by atoms with E-state index in [0.29, 0.717) is 11.3 Å². The molecular formula is C38H23NO. The lowest BCUT2D eigenvalue weighted by atomic mass is 9.90. The lowest BCUT2D eigenvalue weighted by Crippen LogP contribution is -1.99. The zero-order chi connectivity index (χ0) is 29.7. The molecule has 8 aromatic rings. The van der Waals surface area contributed by atoms with Crippen LogP contribution in [-0.2, 0) is 0 Å². The van der Waals surface area contributed by atoms with Crippen molar-refractivity contribution >= 4 is 43.4 Å². The Bertz CT molecular complexity index is 2520. The minimum absolute atomic E-state index is 0.0947. The second kappa shape index (κ2) is 8.08. The van der Waals surface area contributed by atoms with Crippen LogP contribution < -0.4 is 4.74 Å². The zero-order valence-corrected chi connectivity index (χ0v) is 21.3. The van der Waals surface area contributed by atoms with E-state index in [4.69, 9.17) is 10.2 Å². The predicted octanol–water partition coefficient (Wildman–Crippen LogP) is 10.5. The molecule has 0 fully saturated rings. The van der Waals surface area contributed by atoms with Crippen LogP contribution in [-0.4, -0.2) is 4.57 Å². The first-order chi connectivity index (χ1) is 21.5. The molecule has 40 heavy (non-hydrogen) atoms. The third kappa shape index (κ3) is 2.88. The second-order valence-electron chi connectivity index (χ2n) is 10.2. The van der Waals surface area contributed by atoms with Crippen LogP contribution >= 0.6 is 0 Å². The van der Waals surface area contributed by atoms with Gasteiger partial charge < -0.3 is 9.30 Å². The van der Waals surface area contributed by atoms with Crippen molar-refractivity contribution < 1.29 is 10.2 Å². The lowest BCUT2D eigenvalue weighted by Gasteiger charge is -2.22. The van der Waals surface area contributed by atoms with Crippen LogP contribution in [0.3, 0.4) is 0 Å². The van der Waals surface area contributed by atoms with Gasteiger partial charge in [-0.05, 0) is 52.2 Å². The Kier molecular flexibility index (Phi) is 3.64. The predicted molar refractivity (Wildman–Crippen MR) is 167 cm³/mol. The molecule has 0 unspecified atom stereocenters. The van der Waals surface area contributed by atoms with E-state index in [1.54, 1.807) is 0 Å². The monoisotopic (exact) mass is 513 g/mol. The number of hydrogen-bond acceptors (Lipinski definition) is 1. The third-order valence-electron chi connectivity index (χ3n) is 8.12. The van der Waals surface area contributed by atoms with Crippen molar-refractivity contribution in [1.29, 1.82) is 0 Å². The van der Waals surface area contributed by atoms with Crippen LogP contribution in [0.2, 0.25) is 0 Å². The molecule has 0 aliphatic carbocycles. The Hall–Kier alpha value is -5.34. The summed E-state index contributed by atoms with van der Waals surface area (Å²) in [6.07, 6.45) is 0. The summed E-state index contributed by atoms with van der Waals surface area (Å²) in [5.74, 6) is 0.751. The van der Waals surface area contributed by atoms with Gasteiger partial charge >= 0.3 is 0 Å². The van der Waals surface area contributed by atoms with Crippen LogP contribution in [0.15, 0.2) is 139 Å². The van der Waals surface area contributed by atoms with Gasteiger partial charge in [0.1, 0.15) is 11.5 Å². The van der Waals surface area contributed by atoms with Gasteiger partial charge in [-0.3, -0.25) is 0 Å². The number of aromatic nitrogens is 1. The summed E-state index contributed by atoms with van der Waals surface area (Å²) < 4.78 is 42.4. The minimum atomic E-state index is -0.297. The first-order valence-corrected chi connectivity index (χ1v) is 13.4. The maximum absolute atomic E-state index is 8.72. The first kappa shape index (κ1) is 18.0. The normalized spacial score (nSPS) is 13.6. The van der Waals surface area contributed by atoms with Gasteiger partial charge in [-0.15, -0.1) is 0 Å². The van der Waals surface area contributed by atoms with Crippen LogP contribution in [0, 0.1) is 0 Å². The van der Waals surface area contributed by atoms with Gasteiger partial charge in [0.15, 0.2) is 0 Å². The molecule has 0 amide bonds. The molecule has 9 rings (SSSR count). The number of rotatable bonds is 2. The van der Waals surface area contributed by atoms with Crippen molar-refractivity contribution in [3.05, 3.63) is 139 Å². The molecule has 0 saturated carbocycles. The molecule has 2 heterocycles. The quantitative estimate of drug-likeness (QED) is 0.224. The topological polar surface area (TPSA) is 14.2 Å². The van der Waals surface area contributed by atoms with Crippen molar-refractivity contribution in [1.82, 2.24) is 4.57 Å². The molecule has 0 bridgehead atoms. The van der Waals surface area contributed by atoms with Gasteiger partial charge in [0.25, 0.3) is 0 Å². The highest BCUT2D eigenvalue weighted by atomic mass is 16.5. The third-order valence-corrected chi connectivity index (χ3v) is 8.12. The highest BCUT2D eigenvalue weighted by Crippen LogP contribution is 2.49. The van der Waals surface area contributed by atoms with Crippen LogP contribution in [0.25, 0.3) is 71.3 Å². The smallest absolute Gasteiger partial charge is 0.135 e. The van der Waals surface area contributed by atoms with E-state index in [9.17, 15) is 0 Å². The highest BCUT2D eigenvalue weighted by Gasteiger charge is 2.23. The Morgan fingerprint density at radius 2 is 1.23 bits per heavy atom. The SMILES string of the molecule is [2H]c1c([2H])c([2H])c2c(c1[2H])Oc1ccc(-c3cccc4c5ccc6ccccc6c5n(-c5ccccc5)c34)c3cccc-2c13. The van der Waals surface area contributed by atoms with E-state index in [0.717, 1.165) is 49.6 Å². The molecule has 1 aliphatic rings. The van der Waals surface area contributed by atoms with Gasteiger partial charge in [-0.1, -0.05) is 109 Å². The fraction of sp³-hybridized carbons (Fsp3) is 0. The first-order valence-electron chi connectivity index (χ1n) is 15.4. The Labute approximate surface area is 236 Å². The van der Waals surface area contributed by atoms with E-state index in [-0.39, 0.29) is 29.9 Å². The Morgan fingerprint density at radius 1 is 0.475 bits per heavy atom. The zero-order valence-electron chi connectivity index (χ0n) is 25.3. The summed E-state index contributed by atoms with van der Waals surface area (Å²) in [5.41, 5.74) is 6.57. The largest absolute Gasteiger partial charge is 0.456 e. The molecular weight excluding hydrogens is 486 g/mol. The maximum Gasteiger partial charge on any atom is 0.135 e. The minimum Gasteiger partial charge on any atom is -0.456 e. The molecule has 1 aromatic heterocycles. The summed E-state index contributed by atoms with van der Waals surface area (Å²) in [6.45, 7) is 0. The molecule has 1 aliphatic heterocycles. The summed E-state index contributed by atoms with van der Waals surface area (Å²) in [4.78, 5) is 0. The van der Waals surface area contributed by atoms with Gasteiger partial charge in [0.2, 0.25) is 0 Å². The molecule has 0 saturated heterocycles. The summed E-state index contributed by atoms with van der Waals surface area (Å²) >= 11 is 0. The maximum atomic E-state index is 8.72. The van der Waals surface area contributed by atoms with Crippen LogP contribution in [0.1, 0.15) is 5.48 Å². The average molecular weight is 514 g/mol. The van der Waals surface area contributed by atoms with Gasteiger partial charge in [0, 0.05) is 38.4 Å². The summed E-state index contributed by atoms with van der Waals surface area (Å²) in [6, 6.07) is 39.0. The van der Waals surface area contributed by atoms with Crippen molar-refractivity contribution in [3.8, 4) is 39.4 Å². The summed E-state index contributed by atoms with van der Waals surface area (Å²) in [5, 5.41) is 6.51. The van der Waals surface area contributed by atoms with E-state index in [2.05, 4.69) is 95.6 Å². The number of benzene rings is 7. The van der Waals surface area contributed by atoms with Crippen molar-refractivity contribution in [2.45, 2.75) is 0 Å². The standard InChI is InChI=1S/C38H23NO/c1-2-11-25(12-3-1)39-37-26-13-5-4-10-24(26)20-21-33(37)32-18-9-17-31(38(32)39)27-22-23-35-36-29(27)15-8-16-30(36)28-14-6-7-19-34(28)40-35/h1-23H/i6D,7D,14D,19D. The molecule has 0 radical (unpaired) electrons. The molecule has 7 aromatic carbocycles. The van der Waals surface area contributed by atoms with Gasteiger partial charge in [0.05, 0.1) is 16.5 Å². The fourth-order valence-electron chi connectivity index (χ4n) is 6.46. The highest BCUT2D eigenvalue weighted by molar-refractivity contribution is 6.22. The molecule has 186 valence electrons. The number of ether oxygens (including phenoxy) is 1. The molecule has 0 N–H and O–H groups in total. The van der Waals surface area contributed by atoms with E-state index in [1.165, 1.54) is 16.2 Å². The average Bonchev–Trinajstić information content (AvgIpc) is 3.42. The number of nitrogens with zero attached hydrogens (tertiary/aromatic N) is 1. The molecule has 2 nitrogen and oxygen atoms in total. The van der Waals surface area contributed by atoms with Crippen molar-refractivity contribution in [2.75, 3.05) is 0 Å². The summed E-state index contributed by atoms with van der Waals surface area (Å²) in [7, 11) is 0. The number of para-hydroxylation sites is 3. The Morgan fingerprint density at radius 3 is 2.15 bits per heavy atom. The van der Waals surface area contributed by atoms with Crippen LogP contribution in [0.5, 0.6) is 11.5 Å². The molecule has 0 atom stereocenters. The lowest BCUT2D eigenvalue weighted by molar-refractivity contribution is 0.487.